The summed E-state index contributed by atoms with van der Waals surface area (Å²) < 4.78 is 5.55. The van der Waals surface area contributed by atoms with Crippen molar-refractivity contribution in [3.05, 3.63) is 20.8 Å². The van der Waals surface area contributed by atoms with Crippen LogP contribution in [-0.4, -0.2) is 47.5 Å². The molecule has 0 spiro atoms. The number of aromatic amines is 2. The molecule has 0 amide bonds. The van der Waals surface area contributed by atoms with Crippen LogP contribution < -0.4 is 21.9 Å². The Morgan fingerprint density at radius 3 is 2.72 bits per heavy atom. The molecule has 8 heteroatoms. The Morgan fingerprint density at radius 1 is 1.39 bits per heavy atom. The number of rotatable bonds is 4. The van der Waals surface area contributed by atoms with Crippen LogP contribution in [0.1, 0.15) is 12.8 Å². The Morgan fingerprint density at radius 2 is 2.11 bits per heavy atom. The van der Waals surface area contributed by atoms with Gasteiger partial charge >= 0.3 is 5.69 Å². The standard InChI is InChI=1S/C10H17N5O3/c11-3-6-18-7-1-4-15(5-2-7)8-9(16)12-10(17)14-13-8/h7H,1-6,11H2,(H2,12,14,16,17). The Bertz CT molecular complexity index is 489. The quantitative estimate of drug-likeness (QED) is 0.596. The van der Waals surface area contributed by atoms with Gasteiger partial charge in [0.05, 0.1) is 12.7 Å². The minimum Gasteiger partial charge on any atom is -0.377 e. The van der Waals surface area contributed by atoms with Crippen molar-refractivity contribution in [2.45, 2.75) is 18.9 Å². The predicted molar refractivity (Wildman–Crippen MR) is 65.7 cm³/mol. The highest BCUT2D eigenvalue weighted by molar-refractivity contribution is 5.34. The topological polar surface area (TPSA) is 117 Å². The molecule has 0 unspecified atom stereocenters. The molecule has 1 fully saturated rings. The molecule has 8 nitrogen and oxygen atoms in total. The largest absolute Gasteiger partial charge is 0.377 e. The molecular weight excluding hydrogens is 238 g/mol. The number of H-pyrrole nitrogens is 2. The van der Waals surface area contributed by atoms with Crippen molar-refractivity contribution in [2.24, 2.45) is 5.73 Å². The van der Waals surface area contributed by atoms with Gasteiger partial charge in [-0.05, 0) is 12.8 Å². The van der Waals surface area contributed by atoms with Crippen molar-refractivity contribution in [1.82, 2.24) is 15.2 Å². The van der Waals surface area contributed by atoms with Gasteiger partial charge in [-0.25, -0.2) is 9.89 Å². The lowest BCUT2D eigenvalue weighted by Crippen LogP contribution is -2.42. The van der Waals surface area contributed by atoms with E-state index in [2.05, 4.69) is 15.2 Å². The normalized spacial score (nSPS) is 17.1. The van der Waals surface area contributed by atoms with E-state index in [9.17, 15) is 9.59 Å². The Labute approximate surface area is 103 Å². The number of aromatic nitrogens is 3. The summed E-state index contributed by atoms with van der Waals surface area (Å²) in [6.07, 6.45) is 1.83. The van der Waals surface area contributed by atoms with Crippen molar-refractivity contribution in [3.63, 3.8) is 0 Å². The van der Waals surface area contributed by atoms with E-state index >= 15 is 0 Å². The number of nitrogens with two attached hydrogens (primary N) is 1. The van der Waals surface area contributed by atoms with Crippen LogP contribution in [0.15, 0.2) is 9.59 Å². The van der Waals surface area contributed by atoms with Crippen LogP contribution in [0.25, 0.3) is 0 Å². The molecule has 4 N–H and O–H groups in total. The Balaban J connectivity index is 1.97. The minimum atomic E-state index is -0.593. The van der Waals surface area contributed by atoms with Crippen LogP contribution in [0.5, 0.6) is 0 Å². The summed E-state index contributed by atoms with van der Waals surface area (Å²) in [5.74, 6) is 0.256. The summed E-state index contributed by atoms with van der Waals surface area (Å²) in [6.45, 7) is 2.43. The number of nitrogens with zero attached hydrogens (tertiary/aromatic N) is 2. The van der Waals surface area contributed by atoms with E-state index in [0.717, 1.165) is 12.8 Å². The smallest absolute Gasteiger partial charge is 0.342 e. The fourth-order valence-electron chi connectivity index (χ4n) is 2.02. The van der Waals surface area contributed by atoms with Gasteiger partial charge in [0.25, 0.3) is 5.56 Å². The lowest BCUT2D eigenvalue weighted by Gasteiger charge is -2.31. The van der Waals surface area contributed by atoms with E-state index in [-0.39, 0.29) is 11.9 Å². The van der Waals surface area contributed by atoms with E-state index in [1.807, 2.05) is 4.90 Å². The fraction of sp³-hybridized carbons (Fsp3) is 0.700. The average molecular weight is 255 g/mol. The van der Waals surface area contributed by atoms with Crippen LogP contribution >= 0.6 is 0 Å². The van der Waals surface area contributed by atoms with Crippen molar-refractivity contribution < 1.29 is 4.74 Å². The minimum absolute atomic E-state index is 0.187. The first-order chi connectivity index (χ1) is 8.70. The maximum Gasteiger partial charge on any atom is 0.342 e. The van der Waals surface area contributed by atoms with E-state index in [1.54, 1.807) is 0 Å². The molecule has 1 aromatic heterocycles. The summed E-state index contributed by atoms with van der Waals surface area (Å²) in [6, 6.07) is 0. The molecule has 18 heavy (non-hydrogen) atoms. The number of anilines is 1. The molecule has 0 radical (unpaired) electrons. The highest BCUT2D eigenvalue weighted by Crippen LogP contribution is 2.16. The zero-order valence-corrected chi connectivity index (χ0v) is 10.0. The van der Waals surface area contributed by atoms with Gasteiger partial charge in [0, 0.05) is 19.6 Å². The first-order valence-electron chi connectivity index (χ1n) is 5.96. The molecule has 1 aromatic rings. The van der Waals surface area contributed by atoms with Crippen LogP contribution in [0.2, 0.25) is 0 Å². The van der Waals surface area contributed by atoms with E-state index < -0.39 is 11.2 Å². The summed E-state index contributed by atoms with van der Waals surface area (Å²) in [7, 11) is 0. The molecule has 0 bridgehead atoms. The van der Waals surface area contributed by atoms with Gasteiger partial charge in [-0.15, -0.1) is 5.10 Å². The third-order valence-corrected chi connectivity index (χ3v) is 2.91. The van der Waals surface area contributed by atoms with Gasteiger partial charge in [0.1, 0.15) is 0 Å². The molecule has 0 aromatic carbocycles. The van der Waals surface area contributed by atoms with E-state index in [4.69, 9.17) is 10.5 Å². The average Bonchev–Trinajstić information content (AvgIpc) is 2.37. The summed E-state index contributed by atoms with van der Waals surface area (Å²) in [4.78, 5) is 26.4. The first-order valence-corrected chi connectivity index (χ1v) is 5.96. The summed E-state index contributed by atoms with van der Waals surface area (Å²) in [5.41, 5.74) is 4.32. The van der Waals surface area contributed by atoms with E-state index in [1.165, 1.54) is 0 Å². The monoisotopic (exact) mass is 255 g/mol. The van der Waals surface area contributed by atoms with Gasteiger partial charge < -0.3 is 15.4 Å². The zero-order valence-electron chi connectivity index (χ0n) is 10.0. The Hall–Kier alpha value is -1.67. The summed E-state index contributed by atoms with van der Waals surface area (Å²) >= 11 is 0. The molecule has 1 aliphatic rings. The van der Waals surface area contributed by atoms with Crippen LogP contribution in [0.4, 0.5) is 5.82 Å². The van der Waals surface area contributed by atoms with Crippen molar-refractivity contribution >= 4 is 5.82 Å². The molecule has 0 saturated carbocycles. The second-order valence-electron chi connectivity index (χ2n) is 4.18. The molecule has 2 rings (SSSR count). The number of piperidine rings is 1. The van der Waals surface area contributed by atoms with Crippen molar-refractivity contribution in [3.8, 4) is 0 Å². The molecular formula is C10H17N5O3. The zero-order chi connectivity index (χ0) is 13.0. The number of hydrogen-bond acceptors (Lipinski definition) is 6. The highest BCUT2D eigenvalue weighted by Gasteiger charge is 2.22. The Kier molecular flexibility index (Phi) is 4.11. The van der Waals surface area contributed by atoms with Crippen molar-refractivity contribution in [1.29, 1.82) is 0 Å². The second kappa shape index (κ2) is 5.78. The van der Waals surface area contributed by atoms with Crippen molar-refractivity contribution in [2.75, 3.05) is 31.1 Å². The summed E-state index contributed by atoms with van der Waals surface area (Å²) in [5, 5.41) is 6.01. The molecule has 100 valence electrons. The third kappa shape index (κ3) is 2.96. The number of ether oxygens (including phenoxy) is 1. The molecule has 1 saturated heterocycles. The number of nitrogens with one attached hydrogen (secondary N) is 2. The lowest BCUT2D eigenvalue weighted by molar-refractivity contribution is 0.0420. The maximum atomic E-state index is 11.6. The van der Waals surface area contributed by atoms with Crippen LogP contribution in [0.3, 0.4) is 0 Å². The molecule has 2 heterocycles. The van der Waals surface area contributed by atoms with Gasteiger partial charge in [-0.3, -0.25) is 9.78 Å². The van der Waals surface area contributed by atoms with Gasteiger partial charge in [0.2, 0.25) is 5.82 Å². The molecule has 0 aliphatic carbocycles. The van der Waals surface area contributed by atoms with Gasteiger partial charge in [-0.1, -0.05) is 0 Å². The van der Waals surface area contributed by atoms with Crippen LogP contribution in [0, 0.1) is 0 Å². The van der Waals surface area contributed by atoms with E-state index in [0.29, 0.717) is 26.2 Å². The highest BCUT2D eigenvalue weighted by atomic mass is 16.5. The molecule has 1 aliphatic heterocycles. The third-order valence-electron chi connectivity index (χ3n) is 2.91. The maximum absolute atomic E-state index is 11.6. The lowest BCUT2D eigenvalue weighted by atomic mass is 10.1. The first kappa shape index (κ1) is 12.8. The predicted octanol–water partition coefficient (Wildman–Crippen LogP) is -1.60. The van der Waals surface area contributed by atoms with Gasteiger partial charge in [-0.2, -0.15) is 0 Å². The van der Waals surface area contributed by atoms with Crippen LogP contribution in [-0.2, 0) is 4.74 Å². The second-order valence-corrected chi connectivity index (χ2v) is 4.18. The fourth-order valence-corrected chi connectivity index (χ4v) is 2.02. The molecule has 0 atom stereocenters. The SMILES string of the molecule is NCCOC1CCN(c2n[nH]c(=O)[nH]c2=O)CC1. The number of hydrogen-bond donors (Lipinski definition) is 3. The van der Waals surface area contributed by atoms with Gasteiger partial charge in [0.15, 0.2) is 0 Å².